The van der Waals surface area contributed by atoms with Gasteiger partial charge in [-0.3, -0.25) is 0 Å². The molecule has 1 unspecified atom stereocenters. The lowest BCUT2D eigenvalue weighted by Crippen LogP contribution is -2.00. The number of H-pyrrole nitrogens is 1. The molecule has 6 aromatic rings. The lowest BCUT2D eigenvalue weighted by atomic mass is 9.98. The fraction of sp³-hybridized carbons (Fsp3) is 0.0370. The molecule has 0 spiro atoms. The smallest absolute Gasteiger partial charge is 0.160 e. The summed E-state index contributed by atoms with van der Waals surface area (Å²) in [6.45, 7) is 0. The van der Waals surface area contributed by atoms with Crippen molar-refractivity contribution in [2.45, 2.75) is 4.90 Å². The lowest BCUT2D eigenvalue weighted by Gasteiger charge is -2.13. The maximum absolute atomic E-state index is 12.5. The predicted octanol–water partition coefficient (Wildman–Crippen LogP) is 6.67. The number of para-hydroxylation sites is 2. The number of fused-ring (bicyclic) bond motifs is 5. The topological polar surface area (TPSA) is 43.8 Å². The maximum atomic E-state index is 12.5. The SMILES string of the molecule is C[S+]([O-])c1ccccc1-c1cc2[nH]c3ccccc3c2c2c1ccn2-c1ccccc1. The van der Waals surface area contributed by atoms with Crippen molar-refractivity contribution in [3.63, 3.8) is 0 Å². The summed E-state index contributed by atoms with van der Waals surface area (Å²) < 4.78 is 14.8. The number of nitrogens with zero attached hydrogens (tertiary/aromatic N) is 1. The number of benzene rings is 4. The zero-order valence-electron chi connectivity index (χ0n) is 17.0. The van der Waals surface area contributed by atoms with Gasteiger partial charge in [-0.15, -0.1) is 0 Å². The van der Waals surface area contributed by atoms with E-state index in [-0.39, 0.29) is 0 Å². The van der Waals surface area contributed by atoms with E-state index < -0.39 is 11.2 Å². The number of hydrogen-bond acceptors (Lipinski definition) is 1. The molecule has 0 amide bonds. The first kappa shape index (κ1) is 18.3. The van der Waals surface area contributed by atoms with E-state index in [1.165, 1.54) is 10.8 Å². The highest BCUT2D eigenvalue weighted by molar-refractivity contribution is 7.90. The van der Waals surface area contributed by atoms with Gasteiger partial charge in [0.2, 0.25) is 0 Å². The number of aromatic nitrogens is 2. The zero-order chi connectivity index (χ0) is 20.9. The minimum absolute atomic E-state index is 0.853. The van der Waals surface area contributed by atoms with Crippen LogP contribution in [0.3, 0.4) is 0 Å². The van der Waals surface area contributed by atoms with Crippen LogP contribution in [0.5, 0.6) is 0 Å². The molecule has 0 aliphatic heterocycles. The number of rotatable bonds is 3. The molecule has 0 saturated heterocycles. The number of nitrogens with one attached hydrogen (secondary N) is 1. The highest BCUT2D eigenvalue weighted by Gasteiger charge is 2.20. The van der Waals surface area contributed by atoms with Gasteiger partial charge in [-0.05, 0) is 59.2 Å². The van der Waals surface area contributed by atoms with Crippen LogP contribution in [0.2, 0.25) is 0 Å². The van der Waals surface area contributed by atoms with Gasteiger partial charge in [0.1, 0.15) is 6.26 Å². The summed E-state index contributed by atoms with van der Waals surface area (Å²) in [4.78, 5) is 4.46. The van der Waals surface area contributed by atoms with Crippen LogP contribution in [0, 0.1) is 0 Å². The molecule has 0 fully saturated rings. The number of aromatic amines is 1. The van der Waals surface area contributed by atoms with Crippen molar-refractivity contribution in [2.24, 2.45) is 0 Å². The van der Waals surface area contributed by atoms with Crippen LogP contribution >= 0.6 is 0 Å². The largest absolute Gasteiger partial charge is 0.612 e. The van der Waals surface area contributed by atoms with Gasteiger partial charge in [0.05, 0.1) is 5.52 Å². The summed E-state index contributed by atoms with van der Waals surface area (Å²) >= 11 is -1.08. The molecule has 0 bridgehead atoms. The Bertz CT molecular complexity index is 1560. The van der Waals surface area contributed by atoms with Gasteiger partial charge < -0.3 is 14.1 Å². The van der Waals surface area contributed by atoms with Crippen LogP contribution in [0.4, 0.5) is 0 Å². The van der Waals surface area contributed by atoms with Crippen molar-refractivity contribution in [3.8, 4) is 16.8 Å². The Hall–Kier alpha value is -3.47. The molecule has 2 heterocycles. The van der Waals surface area contributed by atoms with Crippen LogP contribution < -0.4 is 0 Å². The Morgan fingerprint density at radius 1 is 0.742 bits per heavy atom. The van der Waals surface area contributed by atoms with Gasteiger partial charge in [-0.25, -0.2) is 0 Å². The third kappa shape index (κ3) is 2.80. The van der Waals surface area contributed by atoms with Crippen molar-refractivity contribution in [3.05, 3.63) is 97.2 Å². The Kier molecular flexibility index (Phi) is 4.16. The van der Waals surface area contributed by atoms with Gasteiger partial charge in [-0.2, -0.15) is 0 Å². The summed E-state index contributed by atoms with van der Waals surface area (Å²) in [5.74, 6) is 0. The van der Waals surface area contributed by atoms with E-state index in [0.29, 0.717) is 0 Å². The van der Waals surface area contributed by atoms with E-state index in [4.69, 9.17) is 0 Å². The molecule has 2 aromatic heterocycles. The third-order valence-electron chi connectivity index (χ3n) is 5.96. The second-order valence-corrected chi connectivity index (χ2v) is 9.10. The van der Waals surface area contributed by atoms with Crippen LogP contribution in [0.15, 0.2) is 102 Å². The monoisotopic (exact) mass is 420 g/mol. The second kappa shape index (κ2) is 7.05. The molecule has 3 nitrogen and oxygen atoms in total. The molecule has 1 atom stereocenters. The highest BCUT2D eigenvalue weighted by Crippen LogP contribution is 2.41. The standard InChI is InChI=1S/C27H20N2OS/c1-31(30)25-14-8-6-11-19(25)22-17-24-26(21-12-5-7-13-23(21)28-24)27-20(22)15-16-29(27)18-9-3-2-4-10-18/h2-17,28H,1H3. The summed E-state index contributed by atoms with van der Waals surface area (Å²) in [5, 5.41) is 3.56. The van der Waals surface area contributed by atoms with E-state index in [2.05, 4.69) is 82.5 Å². The average Bonchev–Trinajstić information content (AvgIpc) is 3.40. The van der Waals surface area contributed by atoms with Gasteiger partial charge in [0, 0.05) is 44.6 Å². The molecule has 31 heavy (non-hydrogen) atoms. The van der Waals surface area contributed by atoms with E-state index in [1.54, 1.807) is 6.26 Å². The van der Waals surface area contributed by atoms with Crippen molar-refractivity contribution in [2.75, 3.05) is 6.26 Å². The normalized spacial score (nSPS) is 12.7. The van der Waals surface area contributed by atoms with Crippen LogP contribution in [-0.4, -0.2) is 20.4 Å². The fourth-order valence-corrected chi connectivity index (χ4v) is 5.38. The minimum atomic E-state index is -1.08. The molecule has 150 valence electrons. The Morgan fingerprint density at radius 2 is 1.48 bits per heavy atom. The fourth-order valence-electron chi connectivity index (χ4n) is 4.62. The van der Waals surface area contributed by atoms with Crippen molar-refractivity contribution < 1.29 is 4.55 Å². The summed E-state index contributed by atoms with van der Waals surface area (Å²) in [5.41, 5.74) is 6.58. The molecule has 1 N–H and O–H groups in total. The van der Waals surface area contributed by atoms with E-state index in [0.717, 1.165) is 43.6 Å². The van der Waals surface area contributed by atoms with Gasteiger partial charge >= 0.3 is 0 Å². The van der Waals surface area contributed by atoms with Crippen molar-refractivity contribution in [1.29, 1.82) is 0 Å². The predicted molar refractivity (Wildman–Crippen MR) is 130 cm³/mol. The molecule has 0 aliphatic carbocycles. The molecular formula is C27H20N2OS. The van der Waals surface area contributed by atoms with E-state index in [1.807, 2.05) is 24.3 Å². The maximum Gasteiger partial charge on any atom is 0.160 e. The third-order valence-corrected chi connectivity index (χ3v) is 6.93. The summed E-state index contributed by atoms with van der Waals surface area (Å²) in [6, 6.07) is 31.2. The summed E-state index contributed by atoms with van der Waals surface area (Å²) in [7, 11) is 0. The second-order valence-electron chi connectivity index (χ2n) is 7.75. The highest BCUT2D eigenvalue weighted by atomic mass is 32.2. The van der Waals surface area contributed by atoms with Gasteiger partial charge in [-0.1, -0.05) is 48.5 Å². The average molecular weight is 421 g/mol. The lowest BCUT2D eigenvalue weighted by molar-refractivity contribution is 0.601. The van der Waals surface area contributed by atoms with E-state index >= 15 is 0 Å². The van der Waals surface area contributed by atoms with Crippen LogP contribution in [0.1, 0.15) is 0 Å². The zero-order valence-corrected chi connectivity index (χ0v) is 17.8. The van der Waals surface area contributed by atoms with Crippen LogP contribution in [-0.2, 0) is 11.2 Å². The first-order chi connectivity index (χ1) is 15.2. The van der Waals surface area contributed by atoms with Crippen LogP contribution in [0.25, 0.3) is 49.5 Å². The van der Waals surface area contributed by atoms with Crippen molar-refractivity contribution >= 4 is 43.9 Å². The molecule has 6 rings (SSSR count). The Balaban J connectivity index is 1.80. The first-order valence-electron chi connectivity index (χ1n) is 10.2. The quantitative estimate of drug-likeness (QED) is 0.319. The van der Waals surface area contributed by atoms with E-state index in [9.17, 15) is 4.55 Å². The Morgan fingerprint density at radius 3 is 2.32 bits per heavy atom. The Labute approximate surface area is 183 Å². The molecule has 0 saturated carbocycles. The molecule has 4 heteroatoms. The molecule has 0 radical (unpaired) electrons. The molecule has 4 aromatic carbocycles. The molecule has 0 aliphatic rings. The number of hydrogen-bond donors (Lipinski definition) is 1. The van der Waals surface area contributed by atoms with Crippen molar-refractivity contribution in [1.82, 2.24) is 9.55 Å². The van der Waals surface area contributed by atoms with Gasteiger partial charge in [0.15, 0.2) is 4.90 Å². The minimum Gasteiger partial charge on any atom is -0.612 e. The first-order valence-corrected chi connectivity index (χ1v) is 11.8. The van der Waals surface area contributed by atoms with Gasteiger partial charge in [0.25, 0.3) is 0 Å². The molecular weight excluding hydrogens is 400 g/mol. The summed E-state index contributed by atoms with van der Waals surface area (Å²) in [6.07, 6.45) is 3.88.